The van der Waals surface area contributed by atoms with E-state index in [1.54, 1.807) is 6.07 Å². The van der Waals surface area contributed by atoms with Crippen LogP contribution < -0.4 is 10.1 Å². The van der Waals surface area contributed by atoms with Crippen molar-refractivity contribution in [1.29, 1.82) is 0 Å². The van der Waals surface area contributed by atoms with Crippen LogP contribution in [0, 0.1) is 11.6 Å². The fourth-order valence-electron chi connectivity index (χ4n) is 3.74. The highest BCUT2D eigenvalue weighted by Crippen LogP contribution is 2.27. The summed E-state index contributed by atoms with van der Waals surface area (Å²) in [7, 11) is 0. The Kier molecular flexibility index (Phi) is 4.57. The lowest BCUT2D eigenvalue weighted by Gasteiger charge is -2.33. The van der Waals surface area contributed by atoms with Crippen LogP contribution in [0.25, 0.3) is 0 Å². The number of piperidine rings is 1. The summed E-state index contributed by atoms with van der Waals surface area (Å²) in [6, 6.07) is 10.7. The minimum atomic E-state index is -0.809. The monoisotopic (exact) mass is 344 g/mol. The number of fused-ring (bicyclic) bond motifs is 1. The van der Waals surface area contributed by atoms with E-state index >= 15 is 0 Å². The van der Waals surface area contributed by atoms with E-state index in [2.05, 4.69) is 28.4 Å². The van der Waals surface area contributed by atoms with Gasteiger partial charge in [-0.2, -0.15) is 0 Å². The molecular weight excluding hydrogens is 322 g/mol. The van der Waals surface area contributed by atoms with Crippen molar-refractivity contribution in [2.75, 3.05) is 25.0 Å². The summed E-state index contributed by atoms with van der Waals surface area (Å²) >= 11 is 0. The van der Waals surface area contributed by atoms with E-state index in [4.69, 9.17) is 4.74 Å². The molecule has 0 unspecified atom stereocenters. The van der Waals surface area contributed by atoms with Crippen LogP contribution in [0.2, 0.25) is 0 Å². The smallest absolute Gasteiger partial charge is 0.160 e. The lowest BCUT2D eigenvalue weighted by molar-refractivity contribution is 0.208. The van der Waals surface area contributed by atoms with Crippen molar-refractivity contribution < 1.29 is 13.5 Å². The Morgan fingerprint density at radius 2 is 2.04 bits per heavy atom. The molecule has 0 aromatic heterocycles. The molecule has 2 aromatic rings. The number of nitrogens with zero attached hydrogens (tertiary/aromatic N) is 1. The van der Waals surface area contributed by atoms with Crippen LogP contribution in [0.5, 0.6) is 5.75 Å². The number of benzene rings is 2. The van der Waals surface area contributed by atoms with Crippen LogP contribution in [0.3, 0.4) is 0 Å². The summed E-state index contributed by atoms with van der Waals surface area (Å²) in [6.45, 7) is 3.64. The third-order valence-electron chi connectivity index (χ3n) is 4.96. The highest BCUT2D eigenvalue weighted by molar-refractivity contribution is 5.44. The molecule has 1 saturated heterocycles. The topological polar surface area (TPSA) is 24.5 Å². The second-order valence-corrected chi connectivity index (χ2v) is 6.89. The van der Waals surface area contributed by atoms with Gasteiger partial charge >= 0.3 is 0 Å². The number of ether oxygens (including phenoxy) is 1. The highest BCUT2D eigenvalue weighted by atomic mass is 19.2. The second-order valence-electron chi connectivity index (χ2n) is 6.89. The maximum Gasteiger partial charge on any atom is 0.160 e. The minimum absolute atomic E-state index is 0.247. The van der Waals surface area contributed by atoms with E-state index in [1.807, 2.05) is 0 Å². The largest absolute Gasteiger partial charge is 0.493 e. The van der Waals surface area contributed by atoms with E-state index in [1.165, 1.54) is 23.3 Å². The zero-order chi connectivity index (χ0) is 17.2. The first-order valence-electron chi connectivity index (χ1n) is 8.86. The molecule has 2 aliphatic rings. The molecule has 0 saturated carbocycles. The summed E-state index contributed by atoms with van der Waals surface area (Å²) in [6.07, 6.45) is 3.12. The Balaban J connectivity index is 1.38. The predicted molar refractivity (Wildman–Crippen MR) is 93.9 cm³/mol. The molecule has 25 heavy (non-hydrogen) atoms. The number of nitrogens with one attached hydrogen (secondary N) is 1. The molecule has 1 fully saturated rings. The molecule has 2 heterocycles. The number of rotatable bonds is 4. The first kappa shape index (κ1) is 16.3. The van der Waals surface area contributed by atoms with Crippen LogP contribution in [-0.4, -0.2) is 30.6 Å². The Labute approximate surface area is 146 Å². The van der Waals surface area contributed by atoms with E-state index < -0.39 is 11.6 Å². The first-order valence-corrected chi connectivity index (χ1v) is 8.86. The molecule has 3 nitrogen and oxygen atoms in total. The Bertz CT molecular complexity index is 765. The van der Waals surface area contributed by atoms with Gasteiger partial charge in [-0.15, -0.1) is 0 Å². The van der Waals surface area contributed by atoms with Crippen LogP contribution in [0.4, 0.5) is 14.5 Å². The SMILES string of the molecule is Fc1ccc(N[C@@H]2CCCN(Cc3ccc4c(c3)CCO4)C2)cc1F. The first-order chi connectivity index (χ1) is 12.2. The molecule has 2 aliphatic heterocycles. The van der Waals surface area contributed by atoms with Gasteiger partial charge in [-0.05, 0) is 48.7 Å². The molecule has 0 aliphatic carbocycles. The molecule has 0 spiro atoms. The van der Waals surface area contributed by atoms with Gasteiger partial charge in [-0.1, -0.05) is 12.1 Å². The molecule has 0 amide bonds. The van der Waals surface area contributed by atoms with Gasteiger partial charge in [0.1, 0.15) is 5.75 Å². The molecular formula is C20H22F2N2O. The maximum atomic E-state index is 13.4. The molecule has 0 radical (unpaired) electrons. The van der Waals surface area contributed by atoms with Gasteiger partial charge in [0.15, 0.2) is 11.6 Å². The Morgan fingerprint density at radius 3 is 2.92 bits per heavy atom. The average Bonchev–Trinajstić information content (AvgIpc) is 3.06. The third-order valence-corrected chi connectivity index (χ3v) is 4.96. The summed E-state index contributed by atoms with van der Waals surface area (Å²) < 4.78 is 32.0. The van der Waals surface area contributed by atoms with Gasteiger partial charge in [-0.3, -0.25) is 4.90 Å². The molecule has 2 aromatic carbocycles. The predicted octanol–water partition coefficient (Wildman–Crippen LogP) is 3.98. The van der Waals surface area contributed by atoms with Gasteiger partial charge in [0.2, 0.25) is 0 Å². The standard InChI is InChI=1S/C20H22F2N2O/c21-18-5-4-16(11-19(18)22)23-17-2-1-8-24(13-17)12-14-3-6-20-15(10-14)7-9-25-20/h3-6,10-11,17,23H,1-2,7-9,12-13H2/t17-/m1/s1. The lowest BCUT2D eigenvalue weighted by Crippen LogP contribution is -2.41. The lowest BCUT2D eigenvalue weighted by atomic mass is 10.0. The number of likely N-dealkylation sites (tertiary alicyclic amines) is 1. The van der Waals surface area contributed by atoms with Crippen molar-refractivity contribution in [2.45, 2.75) is 31.8 Å². The summed E-state index contributed by atoms with van der Waals surface area (Å²) in [5.74, 6) is -0.602. The fourth-order valence-corrected chi connectivity index (χ4v) is 3.74. The van der Waals surface area contributed by atoms with Crippen molar-refractivity contribution in [3.8, 4) is 5.75 Å². The number of halogens is 2. The average molecular weight is 344 g/mol. The van der Waals surface area contributed by atoms with Crippen molar-refractivity contribution >= 4 is 5.69 Å². The summed E-state index contributed by atoms with van der Waals surface area (Å²) in [5.41, 5.74) is 3.24. The van der Waals surface area contributed by atoms with Gasteiger partial charge in [0.25, 0.3) is 0 Å². The summed E-state index contributed by atoms with van der Waals surface area (Å²) in [4.78, 5) is 2.42. The van der Waals surface area contributed by atoms with Gasteiger partial charge in [0, 0.05) is 37.3 Å². The maximum absolute atomic E-state index is 13.4. The van der Waals surface area contributed by atoms with Gasteiger partial charge < -0.3 is 10.1 Å². The molecule has 1 atom stereocenters. The number of hydrogen-bond donors (Lipinski definition) is 1. The Morgan fingerprint density at radius 1 is 1.12 bits per heavy atom. The van der Waals surface area contributed by atoms with Crippen molar-refractivity contribution in [1.82, 2.24) is 4.90 Å². The second kappa shape index (κ2) is 7.00. The van der Waals surface area contributed by atoms with E-state index in [0.29, 0.717) is 5.69 Å². The molecule has 5 heteroatoms. The number of hydrogen-bond acceptors (Lipinski definition) is 3. The van der Waals surface area contributed by atoms with E-state index in [-0.39, 0.29) is 6.04 Å². The van der Waals surface area contributed by atoms with E-state index in [0.717, 1.165) is 51.3 Å². The van der Waals surface area contributed by atoms with Crippen molar-refractivity contribution in [2.24, 2.45) is 0 Å². The van der Waals surface area contributed by atoms with Crippen LogP contribution in [-0.2, 0) is 13.0 Å². The van der Waals surface area contributed by atoms with Gasteiger partial charge in [-0.25, -0.2) is 8.78 Å². The zero-order valence-electron chi connectivity index (χ0n) is 14.1. The third kappa shape index (κ3) is 3.76. The number of anilines is 1. The van der Waals surface area contributed by atoms with Crippen LogP contribution in [0.1, 0.15) is 24.0 Å². The van der Waals surface area contributed by atoms with Gasteiger partial charge in [0.05, 0.1) is 6.61 Å². The fraction of sp³-hybridized carbons (Fsp3) is 0.400. The summed E-state index contributed by atoms with van der Waals surface area (Å²) in [5, 5.41) is 3.34. The molecule has 4 rings (SSSR count). The highest BCUT2D eigenvalue weighted by Gasteiger charge is 2.21. The molecule has 0 bridgehead atoms. The normalized spacial score (nSPS) is 20.2. The van der Waals surface area contributed by atoms with Crippen molar-refractivity contribution in [3.63, 3.8) is 0 Å². The zero-order valence-corrected chi connectivity index (χ0v) is 14.1. The van der Waals surface area contributed by atoms with E-state index in [9.17, 15) is 8.78 Å². The molecule has 1 N–H and O–H groups in total. The van der Waals surface area contributed by atoms with Crippen LogP contribution in [0.15, 0.2) is 36.4 Å². The molecule has 132 valence electrons. The van der Waals surface area contributed by atoms with Crippen molar-refractivity contribution in [3.05, 3.63) is 59.2 Å². The quantitative estimate of drug-likeness (QED) is 0.908. The van der Waals surface area contributed by atoms with Crippen LogP contribution >= 0.6 is 0 Å². The Hall–Kier alpha value is -2.14. The minimum Gasteiger partial charge on any atom is -0.493 e.